The molecule has 1 aliphatic carbocycles. The molecule has 128 valence electrons. The van der Waals surface area contributed by atoms with E-state index < -0.39 is 0 Å². The minimum Gasteiger partial charge on any atom is -0.449 e. The Morgan fingerprint density at radius 2 is 1.91 bits per heavy atom. The van der Waals surface area contributed by atoms with Gasteiger partial charge in [0.15, 0.2) is 0 Å². The van der Waals surface area contributed by atoms with Gasteiger partial charge in [-0.2, -0.15) is 0 Å². The molecule has 0 aromatic rings. The van der Waals surface area contributed by atoms with E-state index in [1.165, 1.54) is 19.3 Å². The summed E-state index contributed by atoms with van der Waals surface area (Å²) < 4.78 is 5.30. The van der Waals surface area contributed by atoms with E-state index in [-0.39, 0.29) is 12.7 Å². The van der Waals surface area contributed by atoms with Crippen molar-refractivity contribution in [3.05, 3.63) is 0 Å². The first-order chi connectivity index (χ1) is 10.6. The molecule has 1 saturated heterocycles. The van der Waals surface area contributed by atoms with Gasteiger partial charge in [0.25, 0.3) is 0 Å². The predicted molar refractivity (Wildman–Crippen MR) is 86.7 cm³/mol. The van der Waals surface area contributed by atoms with Crippen LogP contribution in [0.15, 0.2) is 0 Å². The summed E-state index contributed by atoms with van der Waals surface area (Å²) in [5.41, 5.74) is 0. The Hall–Kier alpha value is -0.810. The molecule has 1 amide bonds. The lowest BCUT2D eigenvalue weighted by molar-refractivity contribution is 0.0778. The van der Waals surface area contributed by atoms with Gasteiger partial charge in [-0.1, -0.05) is 26.7 Å². The van der Waals surface area contributed by atoms with E-state index in [4.69, 9.17) is 4.74 Å². The molecule has 2 unspecified atom stereocenters. The molecule has 0 spiro atoms. The van der Waals surface area contributed by atoms with Gasteiger partial charge in [-0.15, -0.1) is 0 Å². The molecule has 0 aromatic carbocycles. The summed E-state index contributed by atoms with van der Waals surface area (Å²) >= 11 is 0. The first kappa shape index (κ1) is 17.5. The molecular weight excluding hydrogens is 280 g/mol. The van der Waals surface area contributed by atoms with Gasteiger partial charge in [-0.25, -0.2) is 4.79 Å². The van der Waals surface area contributed by atoms with Crippen LogP contribution in [0.3, 0.4) is 0 Å². The molecule has 2 N–H and O–H groups in total. The predicted octanol–water partition coefficient (Wildman–Crippen LogP) is 2.38. The number of piperidine rings is 1. The fraction of sp³-hybridized carbons (Fsp3) is 0.941. The highest BCUT2D eigenvalue weighted by Gasteiger charge is 2.29. The van der Waals surface area contributed by atoms with Crippen molar-refractivity contribution in [3.8, 4) is 0 Å². The second-order valence-electron chi connectivity index (χ2n) is 7.23. The van der Waals surface area contributed by atoms with Crippen molar-refractivity contribution >= 4 is 6.09 Å². The maximum absolute atomic E-state index is 11.9. The Morgan fingerprint density at radius 3 is 2.55 bits per heavy atom. The Kier molecular flexibility index (Phi) is 6.96. The van der Waals surface area contributed by atoms with Crippen molar-refractivity contribution in [2.45, 2.75) is 64.5 Å². The molecule has 5 heteroatoms. The number of carbonyl (C=O) groups excluding carboxylic acids is 1. The smallest absolute Gasteiger partial charge is 0.409 e. The van der Waals surface area contributed by atoms with Gasteiger partial charge in [-0.3, -0.25) is 0 Å². The van der Waals surface area contributed by atoms with Crippen LogP contribution in [0, 0.1) is 11.8 Å². The summed E-state index contributed by atoms with van der Waals surface area (Å²) in [6.07, 6.45) is 6.59. The van der Waals surface area contributed by atoms with Crippen molar-refractivity contribution in [2.24, 2.45) is 11.8 Å². The number of aliphatic hydroxyl groups is 1. The number of hydrogen-bond donors (Lipinski definition) is 2. The van der Waals surface area contributed by atoms with E-state index in [1.807, 2.05) is 18.7 Å². The zero-order valence-electron chi connectivity index (χ0n) is 14.1. The number of amides is 1. The molecule has 2 rings (SSSR count). The van der Waals surface area contributed by atoms with E-state index >= 15 is 0 Å². The summed E-state index contributed by atoms with van der Waals surface area (Å²) in [6, 6.07) is 0.912. The van der Waals surface area contributed by atoms with Gasteiger partial charge in [0.2, 0.25) is 0 Å². The highest BCUT2D eigenvalue weighted by atomic mass is 16.6. The number of carbonyl (C=O) groups is 1. The van der Waals surface area contributed by atoms with Crippen LogP contribution in [0.25, 0.3) is 0 Å². The number of nitrogens with zero attached hydrogens (tertiary/aromatic N) is 1. The quantitative estimate of drug-likeness (QED) is 0.818. The molecular formula is C17H32N2O3. The van der Waals surface area contributed by atoms with Gasteiger partial charge in [-0.05, 0) is 37.5 Å². The topological polar surface area (TPSA) is 61.8 Å². The number of nitrogens with one attached hydrogen (secondary N) is 1. The molecule has 5 nitrogen and oxygen atoms in total. The van der Waals surface area contributed by atoms with Crippen molar-refractivity contribution in [1.29, 1.82) is 0 Å². The average Bonchev–Trinajstić information content (AvgIpc) is 2.54. The Bertz CT molecular complexity index is 341. The fourth-order valence-corrected chi connectivity index (χ4v) is 3.51. The lowest BCUT2D eigenvalue weighted by Crippen LogP contribution is -2.51. The number of hydrogen-bond acceptors (Lipinski definition) is 4. The van der Waals surface area contributed by atoms with Gasteiger partial charge in [0.1, 0.15) is 0 Å². The largest absolute Gasteiger partial charge is 0.449 e. The van der Waals surface area contributed by atoms with Gasteiger partial charge in [0.05, 0.1) is 6.61 Å². The fourth-order valence-electron chi connectivity index (χ4n) is 3.51. The van der Waals surface area contributed by atoms with Gasteiger partial charge < -0.3 is 20.1 Å². The normalized spacial score (nSPS) is 27.2. The molecule has 1 heterocycles. The van der Waals surface area contributed by atoms with Crippen LogP contribution in [0.1, 0.15) is 52.4 Å². The summed E-state index contributed by atoms with van der Waals surface area (Å²) in [4.78, 5) is 13.8. The summed E-state index contributed by atoms with van der Waals surface area (Å²) in [5, 5.41) is 13.2. The minimum absolute atomic E-state index is 0.168. The van der Waals surface area contributed by atoms with Crippen LogP contribution in [0.2, 0.25) is 0 Å². The Balaban J connectivity index is 1.71. The molecule has 1 saturated carbocycles. The standard InChI is InChI=1S/C17H32N2O3/c1-13(2)12-22-17(21)19-9-7-15(8-10-19)18-16-6-4-3-5-14(16)11-20/h13-16,18,20H,3-12H2,1-2H3. The monoisotopic (exact) mass is 312 g/mol. The van der Waals surface area contributed by atoms with Gasteiger partial charge in [0, 0.05) is 31.8 Å². The molecule has 0 radical (unpaired) electrons. The van der Waals surface area contributed by atoms with E-state index in [2.05, 4.69) is 5.32 Å². The lowest BCUT2D eigenvalue weighted by Gasteiger charge is -2.38. The van der Waals surface area contributed by atoms with E-state index in [9.17, 15) is 9.90 Å². The molecule has 0 aromatic heterocycles. The second-order valence-corrected chi connectivity index (χ2v) is 7.23. The number of likely N-dealkylation sites (tertiary alicyclic amines) is 1. The molecule has 1 aliphatic heterocycles. The molecule has 2 fully saturated rings. The Morgan fingerprint density at radius 1 is 1.23 bits per heavy atom. The first-order valence-corrected chi connectivity index (χ1v) is 8.88. The SMILES string of the molecule is CC(C)COC(=O)N1CCC(NC2CCCCC2CO)CC1. The van der Waals surface area contributed by atoms with Crippen LogP contribution < -0.4 is 5.32 Å². The van der Waals surface area contributed by atoms with Crippen molar-refractivity contribution < 1.29 is 14.6 Å². The highest BCUT2D eigenvalue weighted by Crippen LogP contribution is 2.25. The van der Waals surface area contributed by atoms with Gasteiger partial charge >= 0.3 is 6.09 Å². The summed E-state index contributed by atoms with van der Waals surface area (Å²) in [7, 11) is 0. The van der Waals surface area contributed by atoms with E-state index in [0.29, 0.717) is 30.5 Å². The zero-order valence-corrected chi connectivity index (χ0v) is 14.1. The Labute approximate surface area is 134 Å². The highest BCUT2D eigenvalue weighted by molar-refractivity contribution is 5.67. The lowest BCUT2D eigenvalue weighted by atomic mass is 9.84. The minimum atomic E-state index is -0.168. The summed E-state index contributed by atoms with van der Waals surface area (Å²) in [5.74, 6) is 0.785. The number of aliphatic hydroxyl groups excluding tert-OH is 1. The first-order valence-electron chi connectivity index (χ1n) is 8.88. The summed E-state index contributed by atoms with van der Waals surface area (Å²) in [6.45, 7) is 6.42. The average molecular weight is 312 g/mol. The molecule has 0 bridgehead atoms. The van der Waals surface area contributed by atoms with E-state index in [0.717, 1.165) is 32.4 Å². The molecule has 2 aliphatic rings. The molecule has 2 atom stereocenters. The third kappa shape index (κ3) is 5.13. The third-order valence-corrected chi connectivity index (χ3v) is 4.89. The van der Waals surface area contributed by atoms with Crippen molar-refractivity contribution in [1.82, 2.24) is 10.2 Å². The molecule has 22 heavy (non-hydrogen) atoms. The van der Waals surface area contributed by atoms with Crippen LogP contribution in [0.4, 0.5) is 4.79 Å². The second kappa shape index (κ2) is 8.73. The van der Waals surface area contributed by atoms with E-state index in [1.54, 1.807) is 0 Å². The van der Waals surface area contributed by atoms with Crippen LogP contribution in [-0.2, 0) is 4.74 Å². The van der Waals surface area contributed by atoms with Crippen molar-refractivity contribution in [2.75, 3.05) is 26.3 Å². The van der Waals surface area contributed by atoms with Crippen LogP contribution in [-0.4, -0.2) is 54.5 Å². The maximum atomic E-state index is 11.9. The number of rotatable bonds is 5. The van der Waals surface area contributed by atoms with Crippen LogP contribution >= 0.6 is 0 Å². The van der Waals surface area contributed by atoms with Crippen LogP contribution in [0.5, 0.6) is 0 Å². The number of ether oxygens (including phenoxy) is 1. The zero-order chi connectivity index (χ0) is 15.9. The maximum Gasteiger partial charge on any atom is 0.409 e. The third-order valence-electron chi connectivity index (χ3n) is 4.89. The van der Waals surface area contributed by atoms with Crippen molar-refractivity contribution in [3.63, 3.8) is 0 Å².